The van der Waals surface area contributed by atoms with Gasteiger partial charge in [-0.15, -0.1) is 0 Å². The summed E-state index contributed by atoms with van der Waals surface area (Å²) in [5.41, 5.74) is 0.520. The SMILES string of the molecule is CC[C@]1(O)CC[C@@]2(C)C(=CC[C@H]3[C@@H]4CC[C@H](C(C)=O)[C@@]4(C)CC(=O)[C@@H]32)C1. The number of carbonyl (C=O) groups is 2. The minimum atomic E-state index is -0.586. The maximum atomic E-state index is 13.4. The van der Waals surface area contributed by atoms with E-state index in [-0.39, 0.29) is 28.4 Å². The number of Topliss-reactive ketones (excluding diaryl/α,β-unsaturated/α-hetero) is 2. The quantitative estimate of drug-likeness (QED) is 0.741. The summed E-state index contributed by atoms with van der Waals surface area (Å²) in [5.74, 6) is 1.68. The summed E-state index contributed by atoms with van der Waals surface area (Å²) in [6.07, 6.45) is 9.15. The largest absolute Gasteiger partial charge is 0.390 e. The molecular weight excluding hydrogens is 324 g/mol. The fourth-order valence-corrected chi connectivity index (χ4v) is 7.51. The maximum Gasteiger partial charge on any atom is 0.137 e. The lowest BCUT2D eigenvalue weighted by Gasteiger charge is -2.57. The number of allylic oxidation sites excluding steroid dienone is 1. The third-order valence-corrected chi connectivity index (χ3v) is 9.09. The van der Waals surface area contributed by atoms with Crippen LogP contribution in [0.3, 0.4) is 0 Å². The van der Waals surface area contributed by atoms with Gasteiger partial charge in [0.2, 0.25) is 0 Å². The Bertz CT molecular complexity index is 679. The molecule has 3 saturated carbocycles. The third kappa shape index (κ3) is 2.35. The molecule has 0 unspecified atom stereocenters. The molecule has 3 heteroatoms. The highest BCUT2D eigenvalue weighted by Gasteiger charge is 2.62. The number of hydrogen-bond donors (Lipinski definition) is 1. The zero-order valence-corrected chi connectivity index (χ0v) is 16.8. The molecule has 4 rings (SSSR count). The molecule has 0 radical (unpaired) electrons. The normalized spacial score (nSPS) is 50.5. The number of ketones is 2. The van der Waals surface area contributed by atoms with Gasteiger partial charge in [-0.3, -0.25) is 9.59 Å². The second kappa shape index (κ2) is 5.77. The van der Waals surface area contributed by atoms with Crippen LogP contribution in [0.2, 0.25) is 0 Å². The smallest absolute Gasteiger partial charge is 0.137 e. The van der Waals surface area contributed by atoms with Gasteiger partial charge in [0, 0.05) is 18.3 Å². The van der Waals surface area contributed by atoms with Crippen molar-refractivity contribution in [3.05, 3.63) is 11.6 Å². The van der Waals surface area contributed by atoms with Crippen molar-refractivity contribution in [2.75, 3.05) is 0 Å². The van der Waals surface area contributed by atoms with Crippen molar-refractivity contribution in [1.29, 1.82) is 0 Å². The highest BCUT2D eigenvalue weighted by atomic mass is 16.3. The molecule has 3 nitrogen and oxygen atoms in total. The van der Waals surface area contributed by atoms with Gasteiger partial charge in [-0.1, -0.05) is 32.4 Å². The molecule has 0 aliphatic heterocycles. The lowest BCUT2D eigenvalue weighted by Crippen LogP contribution is -2.56. The monoisotopic (exact) mass is 358 g/mol. The van der Waals surface area contributed by atoms with E-state index in [0.717, 1.165) is 44.9 Å². The lowest BCUT2D eigenvalue weighted by atomic mass is 9.46. The van der Waals surface area contributed by atoms with E-state index in [1.807, 2.05) is 0 Å². The lowest BCUT2D eigenvalue weighted by molar-refractivity contribution is -0.148. The van der Waals surface area contributed by atoms with E-state index < -0.39 is 5.60 Å². The molecule has 0 aromatic heterocycles. The van der Waals surface area contributed by atoms with Gasteiger partial charge >= 0.3 is 0 Å². The van der Waals surface area contributed by atoms with Gasteiger partial charge in [-0.05, 0) is 74.5 Å². The van der Waals surface area contributed by atoms with Crippen LogP contribution in [0, 0.1) is 34.5 Å². The van der Waals surface area contributed by atoms with E-state index in [1.165, 1.54) is 5.57 Å². The van der Waals surface area contributed by atoms with Crippen molar-refractivity contribution in [3.63, 3.8) is 0 Å². The fourth-order valence-electron chi connectivity index (χ4n) is 7.51. The average molecular weight is 359 g/mol. The molecule has 0 aromatic rings. The highest BCUT2D eigenvalue weighted by molar-refractivity contribution is 5.87. The minimum Gasteiger partial charge on any atom is -0.390 e. The molecule has 0 bridgehead atoms. The molecule has 26 heavy (non-hydrogen) atoms. The first-order valence-corrected chi connectivity index (χ1v) is 10.6. The summed E-state index contributed by atoms with van der Waals surface area (Å²) in [6, 6.07) is 0. The Morgan fingerprint density at radius 2 is 1.96 bits per heavy atom. The van der Waals surface area contributed by atoms with E-state index in [0.29, 0.717) is 24.0 Å². The minimum absolute atomic E-state index is 0.0621. The Morgan fingerprint density at radius 1 is 1.23 bits per heavy atom. The van der Waals surface area contributed by atoms with Crippen LogP contribution in [0.1, 0.15) is 79.1 Å². The van der Waals surface area contributed by atoms with Crippen LogP contribution >= 0.6 is 0 Å². The molecule has 0 aromatic carbocycles. The number of rotatable bonds is 2. The molecule has 144 valence electrons. The van der Waals surface area contributed by atoms with Crippen LogP contribution in [0.4, 0.5) is 0 Å². The zero-order valence-electron chi connectivity index (χ0n) is 16.8. The highest BCUT2D eigenvalue weighted by Crippen LogP contribution is 2.65. The number of aliphatic hydroxyl groups is 1. The van der Waals surface area contributed by atoms with Gasteiger partial charge in [-0.2, -0.15) is 0 Å². The molecule has 3 fully saturated rings. The summed E-state index contributed by atoms with van der Waals surface area (Å²) >= 11 is 0. The summed E-state index contributed by atoms with van der Waals surface area (Å²) in [6.45, 7) is 8.26. The Balaban J connectivity index is 1.71. The predicted molar refractivity (Wildman–Crippen MR) is 102 cm³/mol. The van der Waals surface area contributed by atoms with E-state index in [1.54, 1.807) is 6.92 Å². The van der Waals surface area contributed by atoms with Crippen LogP contribution in [-0.4, -0.2) is 22.3 Å². The molecule has 0 heterocycles. The Labute approximate surface area is 157 Å². The van der Waals surface area contributed by atoms with Crippen molar-refractivity contribution < 1.29 is 14.7 Å². The number of carbonyl (C=O) groups excluding carboxylic acids is 2. The molecule has 0 saturated heterocycles. The second-order valence-corrected chi connectivity index (χ2v) is 10.3. The molecule has 4 aliphatic carbocycles. The topological polar surface area (TPSA) is 54.4 Å². The standard InChI is InChI=1S/C23H34O3/c1-5-23(26)11-10-21(3)15(12-23)6-7-16-18-9-8-17(14(2)24)22(18,4)13-19(25)20(16)21/h6,16-18,20,26H,5,7-13H2,1-4H3/t16-,17+,18-,20+,21-,22+,23-/m0/s1. The first kappa shape index (κ1) is 18.4. The summed E-state index contributed by atoms with van der Waals surface area (Å²) in [5, 5.41) is 10.8. The molecular formula is C23H34O3. The van der Waals surface area contributed by atoms with E-state index >= 15 is 0 Å². The molecule has 0 spiro atoms. The van der Waals surface area contributed by atoms with Crippen LogP contribution in [-0.2, 0) is 9.59 Å². The van der Waals surface area contributed by atoms with Gasteiger partial charge in [0.25, 0.3) is 0 Å². The molecule has 4 aliphatic rings. The summed E-state index contributed by atoms with van der Waals surface area (Å²) in [7, 11) is 0. The van der Waals surface area contributed by atoms with Gasteiger partial charge in [0.15, 0.2) is 0 Å². The number of fused-ring (bicyclic) bond motifs is 5. The Morgan fingerprint density at radius 3 is 2.62 bits per heavy atom. The van der Waals surface area contributed by atoms with Crippen molar-refractivity contribution in [2.24, 2.45) is 34.5 Å². The summed E-state index contributed by atoms with van der Waals surface area (Å²) in [4.78, 5) is 25.7. The van der Waals surface area contributed by atoms with Gasteiger partial charge in [0.1, 0.15) is 11.6 Å². The van der Waals surface area contributed by atoms with Crippen molar-refractivity contribution >= 4 is 11.6 Å². The molecule has 7 atom stereocenters. The van der Waals surface area contributed by atoms with Gasteiger partial charge < -0.3 is 5.11 Å². The fraction of sp³-hybridized carbons (Fsp3) is 0.826. The van der Waals surface area contributed by atoms with E-state index in [9.17, 15) is 14.7 Å². The van der Waals surface area contributed by atoms with Crippen LogP contribution in [0.5, 0.6) is 0 Å². The zero-order chi connectivity index (χ0) is 18.9. The molecule has 0 amide bonds. The van der Waals surface area contributed by atoms with Gasteiger partial charge in [0.05, 0.1) is 5.60 Å². The number of hydrogen-bond acceptors (Lipinski definition) is 3. The Hall–Kier alpha value is -0.960. The molecule has 1 N–H and O–H groups in total. The van der Waals surface area contributed by atoms with E-state index in [2.05, 4.69) is 26.8 Å². The van der Waals surface area contributed by atoms with Crippen LogP contribution in [0.15, 0.2) is 11.6 Å². The Kier molecular flexibility index (Phi) is 4.08. The maximum absolute atomic E-state index is 13.4. The van der Waals surface area contributed by atoms with Crippen molar-refractivity contribution in [3.8, 4) is 0 Å². The van der Waals surface area contributed by atoms with Gasteiger partial charge in [-0.25, -0.2) is 0 Å². The second-order valence-electron chi connectivity index (χ2n) is 10.3. The van der Waals surface area contributed by atoms with Crippen LogP contribution in [0.25, 0.3) is 0 Å². The predicted octanol–water partition coefficient (Wildman–Crippen LogP) is 4.47. The average Bonchev–Trinajstić information content (AvgIpc) is 2.92. The summed E-state index contributed by atoms with van der Waals surface area (Å²) < 4.78 is 0. The van der Waals surface area contributed by atoms with Crippen LogP contribution < -0.4 is 0 Å². The first-order valence-electron chi connectivity index (χ1n) is 10.6. The van der Waals surface area contributed by atoms with Crippen molar-refractivity contribution in [1.82, 2.24) is 0 Å². The van der Waals surface area contributed by atoms with E-state index in [4.69, 9.17) is 0 Å². The first-order chi connectivity index (χ1) is 12.1. The third-order valence-electron chi connectivity index (χ3n) is 9.09. The van der Waals surface area contributed by atoms with Crippen molar-refractivity contribution in [2.45, 2.75) is 84.7 Å².